The standard InChI is InChI=1S/C18H21FN2O3S/c1-12-5-10-15(25(23,24)21-18(2,3)4)11-16(12)17(22)20-14-8-6-13(19)7-9-14/h5-11,21H,1-4H3,(H,20,22). The smallest absolute Gasteiger partial charge is 0.255 e. The van der Waals surface area contributed by atoms with Crippen molar-refractivity contribution in [3.8, 4) is 0 Å². The first-order valence-corrected chi connectivity index (χ1v) is 9.18. The van der Waals surface area contributed by atoms with Crippen molar-refractivity contribution in [2.24, 2.45) is 0 Å². The van der Waals surface area contributed by atoms with Gasteiger partial charge in [0.05, 0.1) is 4.90 Å². The fourth-order valence-electron chi connectivity index (χ4n) is 2.21. The molecule has 0 unspecified atom stereocenters. The summed E-state index contributed by atoms with van der Waals surface area (Å²) in [4.78, 5) is 12.5. The highest BCUT2D eigenvalue weighted by Crippen LogP contribution is 2.19. The van der Waals surface area contributed by atoms with Gasteiger partial charge in [0.1, 0.15) is 5.82 Å². The van der Waals surface area contributed by atoms with Gasteiger partial charge in [-0.25, -0.2) is 17.5 Å². The van der Waals surface area contributed by atoms with Gasteiger partial charge in [0, 0.05) is 16.8 Å². The Labute approximate surface area is 147 Å². The molecule has 0 radical (unpaired) electrons. The average Bonchev–Trinajstić information content (AvgIpc) is 2.47. The number of amides is 1. The molecule has 0 fully saturated rings. The fraction of sp³-hybridized carbons (Fsp3) is 0.278. The van der Waals surface area contributed by atoms with Crippen molar-refractivity contribution in [2.45, 2.75) is 38.1 Å². The van der Waals surface area contributed by atoms with Crippen molar-refractivity contribution in [3.63, 3.8) is 0 Å². The zero-order valence-electron chi connectivity index (χ0n) is 14.6. The molecule has 2 aromatic carbocycles. The zero-order valence-corrected chi connectivity index (χ0v) is 15.4. The maximum Gasteiger partial charge on any atom is 0.255 e. The summed E-state index contributed by atoms with van der Waals surface area (Å²) in [7, 11) is -3.75. The van der Waals surface area contributed by atoms with E-state index >= 15 is 0 Å². The summed E-state index contributed by atoms with van der Waals surface area (Å²) < 4.78 is 40.4. The Morgan fingerprint density at radius 1 is 1.04 bits per heavy atom. The molecule has 0 spiro atoms. The second kappa shape index (κ2) is 6.93. The van der Waals surface area contributed by atoms with Gasteiger partial charge in [0.2, 0.25) is 10.0 Å². The number of nitrogens with one attached hydrogen (secondary N) is 2. The van der Waals surface area contributed by atoms with Gasteiger partial charge in [-0.3, -0.25) is 4.79 Å². The van der Waals surface area contributed by atoms with Gasteiger partial charge in [0.25, 0.3) is 5.91 Å². The monoisotopic (exact) mass is 364 g/mol. The van der Waals surface area contributed by atoms with Crippen LogP contribution in [0.25, 0.3) is 0 Å². The molecule has 0 saturated heterocycles. The second-order valence-corrected chi connectivity index (χ2v) is 8.48. The zero-order chi connectivity index (χ0) is 18.8. The maximum atomic E-state index is 12.9. The van der Waals surface area contributed by atoms with E-state index in [-0.39, 0.29) is 10.5 Å². The SMILES string of the molecule is Cc1ccc(S(=O)(=O)NC(C)(C)C)cc1C(=O)Nc1ccc(F)cc1. The van der Waals surface area contributed by atoms with Crippen molar-refractivity contribution in [1.29, 1.82) is 0 Å². The van der Waals surface area contributed by atoms with Crippen molar-refractivity contribution < 1.29 is 17.6 Å². The van der Waals surface area contributed by atoms with Crippen LogP contribution in [0.2, 0.25) is 0 Å². The molecule has 134 valence electrons. The number of anilines is 1. The lowest BCUT2D eigenvalue weighted by Crippen LogP contribution is -2.40. The first-order chi connectivity index (χ1) is 11.5. The van der Waals surface area contributed by atoms with Gasteiger partial charge < -0.3 is 5.32 Å². The normalized spacial score (nSPS) is 12.0. The van der Waals surface area contributed by atoms with Crippen LogP contribution in [0.15, 0.2) is 47.4 Å². The van der Waals surface area contributed by atoms with Gasteiger partial charge in [-0.1, -0.05) is 6.07 Å². The molecule has 25 heavy (non-hydrogen) atoms. The molecule has 2 rings (SSSR count). The molecule has 5 nitrogen and oxygen atoms in total. The first-order valence-electron chi connectivity index (χ1n) is 7.69. The largest absolute Gasteiger partial charge is 0.322 e. The van der Waals surface area contributed by atoms with Gasteiger partial charge in [-0.05, 0) is 69.7 Å². The van der Waals surface area contributed by atoms with E-state index in [1.807, 2.05) is 0 Å². The van der Waals surface area contributed by atoms with Gasteiger partial charge in [0.15, 0.2) is 0 Å². The number of hydrogen-bond donors (Lipinski definition) is 2. The van der Waals surface area contributed by atoms with E-state index < -0.39 is 27.3 Å². The highest BCUT2D eigenvalue weighted by atomic mass is 32.2. The molecule has 0 aliphatic carbocycles. The van der Waals surface area contributed by atoms with Crippen LogP contribution < -0.4 is 10.0 Å². The Balaban J connectivity index is 2.32. The number of benzene rings is 2. The molecular formula is C18H21FN2O3S. The molecule has 0 saturated carbocycles. The van der Waals surface area contributed by atoms with Gasteiger partial charge in [-0.2, -0.15) is 0 Å². The minimum atomic E-state index is -3.75. The predicted octanol–water partition coefficient (Wildman–Crippen LogP) is 3.46. The Bertz CT molecular complexity index is 886. The van der Waals surface area contributed by atoms with E-state index in [1.54, 1.807) is 33.8 Å². The van der Waals surface area contributed by atoms with E-state index in [4.69, 9.17) is 0 Å². The fourth-order valence-corrected chi connectivity index (χ4v) is 3.65. The van der Waals surface area contributed by atoms with Crippen LogP contribution in [0.3, 0.4) is 0 Å². The number of rotatable bonds is 4. The summed E-state index contributed by atoms with van der Waals surface area (Å²) in [5.41, 5.74) is 0.655. The minimum absolute atomic E-state index is 0.0114. The molecule has 2 aromatic rings. The number of carbonyl (C=O) groups excluding carboxylic acids is 1. The molecule has 7 heteroatoms. The minimum Gasteiger partial charge on any atom is -0.322 e. The first kappa shape index (κ1) is 19.1. The van der Waals surface area contributed by atoms with E-state index in [2.05, 4.69) is 10.0 Å². The van der Waals surface area contributed by atoms with Crippen LogP contribution in [-0.2, 0) is 10.0 Å². The van der Waals surface area contributed by atoms with Gasteiger partial charge in [-0.15, -0.1) is 0 Å². The molecular weight excluding hydrogens is 343 g/mol. The Morgan fingerprint density at radius 3 is 2.20 bits per heavy atom. The summed E-state index contributed by atoms with van der Waals surface area (Å²) in [6.07, 6.45) is 0. The molecule has 0 aliphatic rings. The molecule has 0 bridgehead atoms. The number of aryl methyl sites for hydroxylation is 1. The number of carbonyl (C=O) groups is 1. The third kappa shape index (κ3) is 5.11. The molecule has 0 aromatic heterocycles. The molecule has 2 N–H and O–H groups in total. The number of hydrogen-bond acceptors (Lipinski definition) is 3. The highest BCUT2D eigenvalue weighted by Gasteiger charge is 2.23. The van der Waals surface area contributed by atoms with Crippen molar-refractivity contribution in [3.05, 3.63) is 59.4 Å². The van der Waals surface area contributed by atoms with Crippen LogP contribution in [0.1, 0.15) is 36.7 Å². The summed E-state index contributed by atoms with van der Waals surface area (Å²) in [6, 6.07) is 9.71. The molecule has 0 aliphatic heterocycles. The van der Waals surface area contributed by atoms with Crippen LogP contribution >= 0.6 is 0 Å². The summed E-state index contributed by atoms with van der Waals surface area (Å²) in [5, 5.41) is 2.63. The maximum absolute atomic E-state index is 12.9. The van der Waals surface area contributed by atoms with Crippen LogP contribution in [0.5, 0.6) is 0 Å². The lowest BCUT2D eigenvalue weighted by molar-refractivity contribution is 0.102. The quantitative estimate of drug-likeness (QED) is 0.872. The van der Waals surface area contributed by atoms with Crippen molar-refractivity contribution in [1.82, 2.24) is 4.72 Å². The number of halogens is 1. The van der Waals surface area contributed by atoms with Crippen LogP contribution in [0, 0.1) is 12.7 Å². The molecule has 0 heterocycles. The lowest BCUT2D eigenvalue weighted by Gasteiger charge is -2.20. The molecule has 1 amide bonds. The topological polar surface area (TPSA) is 75.3 Å². The number of sulfonamides is 1. The summed E-state index contributed by atoms with van der Waals surface area (Å²) in [5.74, 6) is -0.868. The second-order valence-electron chi connectivity index (χ2n) is 6.79. The highest BCUT2D eigenvalue weighted by molar-refractivity contribution is 7.89. The van der Waals surface area contributed by atoms with Crippen LogP contribution in [0.4, 0.5) is 10.1 Å². The predicted molar refractivity (Wildman–Crippen MR) is 95.6 cm³/mol. The third-order valence-corrected chi connectivity index (χ3v) is 5.06. The third-order valence-electron chi connectivity index (χ3n) is 3.31. The van der Waals surface area contributed by atoms with Crippen molar-refractivity contribution in [2.75, 3.05) is 5.32 Å². The Hall–Kier alpha value is -2.25. The van der Waals surface area contributed by atoms with Gasteiger partial charge >= 0.3 is 0 Å². The molecule has 0 atom stereocenters. The van der Waals surface area contributed by atoms with E-state index in [0.717, 1.165) is 0 Å². The van der Waals surface area contributed by atoms with E-state index in [1.165, 1.54) is 36.4 Å². The summed E-state index contributed by atoms with van der Waals surface area (Å²) in [6.45, 7) is 6.93. The Morgan fingerprint density at radius 2 is 1.64 bits per heavy atom. The van der Waals surface area contributed by atoms with E-state index in [0.29, 0.717) is 11.3 Å². The van der Waals surface area contributed by atoms with Crippen LogP contribution in [-0.4, -0.2) is 19.9 Å². The average molecular weight is 364 g/mol. The Kier molecular flexibility index (Phi) is 5.29. The van der Waals surface area contributed by atoms with Crippen molar-refractivity contribution >= 4 is 21.6 Å². The lowest BCUT2D eigenvalue weighted by atomic mass is 10.1. The van der Waals surface area contributed by atoms with E-state index in [9.17, 15) is 17.6 Å². The summed E-state index contributed by atoms with van der Waals surface area (Å²) >= 11 is 0.